The maximum Gasteiger partial charge on any atom is 0.306 e. The molecule has 0 spiro atoms. The molecular weight excluding hydrogens is 546 g/mol. The van der Waals surface area contributed by atoms with E-state index in [-0.39, 0.29) is 30.8 Å². The summed E-state index contributed by atoms with van der Waals surface area (Å²) in [6.45, 7) is 6.48. The van der Waals surface area contributed by atoms with Crippen LogP contribution in [0.15, 0.2) is 24.3 Å². The van der Waals surface area contributed by atoms with Crippen molar-refractivity contribution in [1.82, 2.24) is 6.15 Å². The third kappa shape index (κ3) is 36.6. The van der Waals surface area contributed by atoms with Gasteiger partial charge in [0, 0.05) is 12.8 Å². The SMILES string of the molecule is CCCCCCCCC=CCCCCCCCC(=O)OCC(C)OC(=O)CCCCCCCC=CCCCCCCCC.N. The Bertz CT molecular complexity index is 661. The predicted molar refractivity (Wildman–Crippen MR) is 190 cm³/mol. The lowest BCUT2D eigenvalue weighted by molar-refractivity contribution is -0.158. The molecular formula is C39H75NO4. The van der Waals surface area contributed by atoms with Gasteiger partial charge < -0.3 is 15.6 Å². The second kappa shape index (κ2) is 37.6. The van der Waals surface area contributed by atoms with Crippen molar-refractivity contribution in [2.45, 2.75) is 207 Å². The summed E-state index contributed by atoms with van der Waals surface area (Å²) in [5, 5.41) is 0. The van der Waals surface area contributed by atoms with E-state index in [9.17, 15) is 9.59 Å². The zero-order valence-electron chi connectivity index (χ0n) is 29.7. The van der Waals surface area contributed by atoms with E-state index >= 15 is 0 Å². The standard InChI is InChI=1S/C39H72O4.H3N/c1-4-6-8-10-12-14-16-18-20-22-24-26-28-30-32-34-38(40)42-36-37(3)43-39(41)35-33-31-29-27-25-23-21-19-17-15-13-11-9-7-5-2;/h18-21,37H,4-17,22-36H2,1-3H3;1H3. The molecule has 5 nitrogen and oxygen atoms in total. The van der Waals surface area contributed by atoms with Crippen LogP contribution in [0.3, 0.4) is 0 Å². The summed E-state index contributed by atoms with van der Waals surface area (Å²) in [6.07, 6.45) is 42.2. The van der Waals surface area contributed by atoms with Gasteiger partial charge in [-0.25, -0.2) is 0 Å². The molecule has 0 aromatic rings. The van der Waals surface area contributed by atoms with E-state index in [4.69, 9.17) is 9.47 Å². The zero-order valence-corrected chi connectivity index (χ0v) is 29.7. The van der Waals surface area contributed by atoms with Crippen LogP contribution in [0.25, 0.3) is 0 Å². The minimum atomic E-state index is -0.381. The molecule has 1 atom stereocenters. The zero-order chi connectivity index (χ0) is 31.5. The van der Waals surface area contributed by atoms with Gasteiger partial charge in [0.25, 0.3) is 0 Å². The van der Waals surface area contributed by atoms with Crippen molar-refractivity contribution in [2.75, 3.05) is 6.61 Å². The molecule has 260 valence electrons. The van der Waals surface area contributed by atoms with Gasteiger partial charge in [-0.1, -0.05) is 141 Å². The van der Waals surface area contributed by atoms with Crippen LogP contribution in [-0.4, -0.2) is 24.6 Å². The fraction of sp³-hybridized carbons (Fsp3) is 0.846. The highest BCUT2D eigenvalue weighted by molar-refractivity contribution is 5.70. The largest absolute Gasteiger partial charge is 0.462 e. The lowest BCUT2D eigenvalue weighted by Crippen LogP contribution is -2.22. The minimum Gasteiger partial charge on any atom is -0.462 e. The molecule has 0 amide bonds. The summed E-state index contributed by atoms with van der Waals surface area (Å²) < 4.78 is 10.7. The van der Waals surface area contributed by atoms with Crippen molar-refractivity contribution in [3.8, 4) is 0 Å². The molecule has 0 fully saturated rings. The van der Waals surface area contributed by atoms with E-state index in [2.05, 4.69) is 38.2 Å². The Balaban J connectivity index is 0. The van der Waals surface area contributed by atoms with Gasteiger partial charge >= 0.3 is 11.9 Å². The molecule has 0 rings (SSSR count). The van der Waals surface area contributed by atoms with Crippen molar-refractivity contribution in [1.29, 1.82) is 0 Å². The van der Waals surface area contributed by atoms with Gasteiger partial charge in [0.2, 0.25) is 0 Å². The van der Waals surface area contributed by atoms with E-state index < -0.39 is 0 Å². The minimum absolute atomic E-state index is 0. The first kappa shape index (κ1) is 44.5. The molecule has 44 heavy (non-hydrogen) atoms. The average molecular weight is 622 g/mol. The number of hydrogen-bond acceptors (Lipinski definition) is 5. The fourth-order valence-electron chi connectivity index (χ4n) is 5.28. The summed E-state index contributed by atoms with van der Waals surface area (Å²) in [5.41, 5.74) is 0. The van der Waals surface area contributed by atoms with Crippen molar-refractivity contribution in [3.05, 3.63) is 24.3 Å². The Kier molecular flexibility index (Phi) is 38.0. The van der Waals surface area contributed by atoms with E-state index in [0.29, 0.717) is 12.8 Å². The molecule has 0 saturated carbocycles. The van der Waals surface area contributed by atoms with Crippen LogP contribution in [0, 0.1) is 0 Å². The smallest absolute Gasteiger partial charge is 0.306 e. The number of unbranched alkanes of at least 4 members (excludes halogenated alkanes) is 22. The van der Waals surface area contributed by atoms with Crippen LogP contribution in [0.5, 0.6) is 0 Å². The topological polar surface area (TPSA) is 87.6 Å². The van der Waals surface area contributed by atoms with Gasteiger partial charge in [-0.05, 0) is 71.1 Å². The van der Waals surface area contributed by atoms with E-state index in [1.807, 2.05) is 0 Å². The Morgan fingerprint density at radius 1 is 0.477 bits per heavy atom. The van der Waals surface area contributed by atoms with Crippen LogP contribution < -0.4 is 6.15 Å². The highest BCUT2D eigenvalue weighted by Gasteiger charge is 2.12. The molecule has 3 N–H and O–H groups in total. The molecule has 0 radical (unpaired) electrons. The van der Waals surface area contributed by atoms with Gasteiger partial charge in [0.1, 0.15) is 12.7 Å². The van der Waals surface area contributed by atoms with E-state index in [1.54, 1.807) is 6.92 Å². The van der Waals surface area contributed by atoms with Gasteiger partial charge in [-0.3, -0.25) is 9.59 Å². The lowest BCUT2D eigenvalue weighted by atomic mass is 10.1. The van der Waals surface area contributed by atoms with Crippen molar-refractivity contribution in [3.63, 3.8) is 0 Å². The Labute approximate surface area is 274 Å². The number of allylic oxidation sites excluding steroid dienone is 4. The van der Waals surface area contributed by atoms with Crippen molar-refractivity contribution >= 4 is 11.9 Å². The van der Waals surface area contributed by atoms with Crippen LogP contribution in [-0.2, 0) is 19.1 Å². The maximum absolute atomic E-state index is 12.1. The molecule has 0 aliphatic rings. The van der Waals surface area contributed by atoms with Gasteiger partial charge in [-0.15, -0.1) is 0 Å². The van der Waals surface area contributed by atoms with Gasteiger partial charge in [0.05, 0.1) is 0 Å². The molecule has 1 unspecified atom stereocenters. The monoisotopic (exact) mass is 622 g/mol. The Morgan fingerprint density at radius 3 is 1.18 bits per heavy atom. The maximum atomic E-state index is 12.1. The summed E-state index contributed by atoms with van der Waals surface area (Å²) in [7, 11) is 0. The molecule has 0 bridgehead atoms. The van der Waals surface area contributed by atoms with Crippen LogP contribution in [0.1, 0.15) is 201 Å². The number of ether oxygens (including phenoxy) is 2. The summed E-state index contributed by atoms with van der Waals surface area (Å²) >= 11 is 0. The molecule has 0 heterocycles. The highest BCUT2D eigenvalue weighted by atomic mass is 16.6. The molecule has 0 aromatic heterocycles. The average Bonchev–Trinajstić information content (AvgIpc) is 3.00. The molecule has 0 aromatic carbocycles. The fourth-order valence-corrected chi connectivity index (χ4v) is 5.28. The van der Waals surface area contributed by atoms with Crippen molar-refractivity contribution in [2.24, 2.45) is 0 Å². The molecule has 5 heteroatoms. The summed E-state index contributed by atoms with van der Waals surface area (Å²) in [6, 6.07) is 0. The van der Waals surface area contributed by atoms with E-state index in [0.717, 1.165) is 25.7 Å². The first-order valence-electron chi connectivity index (χ1n) is 18.7. The normalized spacial score (nSPS) is 12.1. The van der Waals surface area contributed by atoms with Gasteiger partial charge in [-0.2, -0.15) is 0 Å². The first-order valence-corrected chi connectivity index (χ1v) is 18.7. The third-order valence-corrected chi connectivity index (χ3v) is 8.10. The number of carbonyl (C=O) groups excluding carboxylic acids is 2. The highest BCUT2D eigenvalue weighted by Crippen LogP contribution is 2.12. The van der Waals surface area contributed by atoms with Crippen LogP contribution in [0.2, 0.25) is 0 Å². The number of hydrogen-bond donors (Lipinski definition) is 1. The number of esters is 2. The lowest BCUT2D eigenvalue weighted by Gasteiger charge is -2.13. The first-order chi connectivity index (χ1) is 21.1. The Hall–Kier alpha value is -1.62. The third-order valence-electron chi connectivity index (χ3n) is 8.10. The van der Waals surface area contributed by atoms with Gasteiger partial charge in [0.15, 0.2) is 0 Å². The Morgan fingerprint density at radius 2 is 0.795 bits per heavy atom. The van der Waals surface area contributed by atoms with Crippen molar-refractivity contribution < 1.29 is 19.1 Å². The molecule has 0 aliphatic carbocycles. The predicted octanol–water partition coefficient (Wildman–Crippen LogP) is 12.7. The second-order valence-corrected chi connectivity index (χ2v) is 12.7. The second-order valence-electron chi connectivity index (χ2n) is 12.7. The van der Waals surface area contributed by atoms with Crippen LogP contribution in [0.4, 0.5) is 0 Å². The number of carbonyl (C=O) groups is 2. The molecule has 0 saturated heterocycles. The summed E-state index contributed by atoms with van der Waals surface area (Å²) in [4.78, 5) is 24.1. The van der Waals surface area contributed by atoms with Crippen LogP contribution >= 0.6 is 0 Å². The summed E-state index contributed by atoms with van der Waals surface area (Å²) in [5.74, 6) is -0.365. The number of rotatable bonds is 33. The molecule has 0 aliphatic heterocycles. The van der Waals surface area contributed by atoms with E-state index in [1.165, 1.54) is 141 Å². The quantitative estimate of drug-likeness (QED) is 0.0447.